The number of carbonyl (C=O) groups excluding carboxylic acids is 1. The monoisotopic (exact) mass is 466 g/mol. The molecule has 1 amide bonds. The lowest BCUT2D eigenvalue weighted by molar-refractivity contribution is -0.118. The Morgan fingerprint density at radius 2 is 1.69 bits per heavy atom. The minimum atomic E-state index is -3.60. The Kier molecular flexibility index (Phi) is 6.58. The Hall–Kier alpha value is -3.15. The zero-order chi connectivity index (χ0) is 22.6. The molecule has 32 heavy (non-hydrogen) atoms. The lowest BCUT2D eigenvalue weighted by Gasteiger charge is -2.08. The molecule has 4 rings (SSSR count). The van der Waals surface area contributed by atoms with Gasteiger partial charge in [-0.1, -0.05) is 24.6 Å². The highest BCUT2D eigenvalue weighted by Crippen LogP contribution is 2.37. The molecule has 0 radical (unpaired) electrons. The predicted molar refractivity (Wildman–Crippen MR) is 123 cm³/mol. The van der Waals surface area contributed by atoms with E-state index < -0.39 is 9.84 Å². The number of anilines is 1. The Morgan fingerprint density at radius 3 is 2.41 bits per heavy atom. The van der Waals surface area contributed by atoms with Crippen LogP contribution in [0.25, 0.3) is 0 Å². The fourth-order valence-corrected chi connectivity index (χ4v) is 6.25. The van der Waals surface area contributed by atoms with Gasteiger partial charge >= 0.3 is 0 Å². The van der Waals surface area contributed by atoms with Gasteiger partial charge in [0.25, 0.3) is 5.91 Å². The lowest BCUT2D eigenvalue weighted by Crippen LogP contribution is -2.20. The first kappa shape index (κ1) is 22.1. The number of benzene rings is 2. The lowest BCUT2D eigenvalue weighted by atomic mass is 10.1. The zero-order valence-corrected chi connectivity index (χ0v) is 19.0. The van der Waals surface area contributed by atoms with Crippen LogP contribution in [-0.4, -0.2) is 20.9 Å². The highest BCUT2D eigenvalue weighted by atomic mass is 32.2. The summed E-state index contributed by atoms with van der Waals surface area (Å²) in [6.07, 6.45) is 5.14. The summed E-state index contributed by atoms with van der Waals surface area (Å²) in [5, 5.41) is 13.0. The Bertz CT molecular complexity index is 1260. The van der Waals surface area contributed by atoms with E-state index in [0.717, 1.165) is 37.7 Å². The number of nitrogens with one attached hydrogen (secondary N) is 1. The van der Waals surface area contributed by atoms with E-state index in [9.17, 15) is 18.5 Å². The van der Waals surface area contributed by atoms with Crippen LogP contribution in [0.3, 0.4) is 0 Å². The summed E-state index contributed by atoms with van der Waals surface area (Å²) in [4.78, 5) is 14.0. The van der Waals surface area contributed by atoms with Gasteiger partial charge in [0.1, 0.15) is 16.8 Å². The predicted octanol–water partition coefficient (Wildman–Crippen LogP) is 4.74. The molecule has 3 aromatic rings. The molecule has 164 valence electrons. The smallest absolute Gasteiger partial charge is 0.262 e. The van der Waals surface area contributed by atoms with Crippen LogP contribution in [0.15, 0.2) is 64.4 Å². The molecule has 0 spiro atoms. The number of fused-ring (bicyclic) bond motifs is 1. The maximum atomic E-state index is 12.6. The maximum absolute atomic E-state index is 12.6. The number of hydrogen-bond acceptors (Lipinski definition) is 6. The molecule has 1 aliphatic carbocycles. The molecule has 1 N–H and O–H groups in total. The molecule has 0 fully saturated rings. The van der Waals surface area contributed by atoms with Gasteiger partial charge in [-0.15, -0.1) is 11.3 Å². The quantitative estimate of drug-likeness (QED) is 0.530. The van der Waals surface area contributed by atoms with Crippen molar-refractivity contribution in [1.29, 1.82) is 5.26 Å². The molecule has 0 unspecified atom stereocenters. The van der Waals surface area contributed by atoms with E-state index in [2.05, 4.69) is 11.4 Å². The van der Waals surface area contributed by atoms with Crippen molar-refractivity contribution in [3.8, 4) is 11.8 Å². The summed E-state index contributed by atoms with van der Waals surface area (Å²) < 4.78 is 30.8. The van der Waals surface area contributed by atoms with Gasteiger partial charge in [-0.2, -0.15) is 5.26 Å². The topological polar surface area (TPSA) is 96.3 Å². The fraction of sp³-hybridized carbons (Fsp3) is 0.250. The van der Waals surface area contributed by atoms with Crippen LogP contribution in [0.5, 0.6) is 5.75 Å². The molecule has 0 saturated heterocycles. The third-order valence-corrected chi connectivity index (χ3v) is 8.34. The molecule has 6 nitrogen and oxygen atoms in total. The molecule has 1 heterocycles. The maximum Gasteiger partial charge on any atom is 0.262 e. The number of hydrogen-bond donors (Lipinski definition) is 1. The first-order valence-electron chi connectivity index (χ1n) is 10.4. The number of ether oxygens (including phenoxy) is 1. The highest BCUT2D eigenvalue weighted by molar-refractivity contribution is 7.91. The first-order chi connectivity index (χ1) is 15.5. The number of nitrogens with zero attached hydrogens (tertiary/aromatic N) is 1. The zero-order valence-electron chi connectivity index (χ0n) is 17.3. The van der Waals surface area contributed by atoms with Gasteiger partial charge in [0.05, 0.1) is 15.4 Å². The number of carbonyl (C=O) groups is 1. The van der Waals surface area contributed by atoms with Gasteiger partial charge in [-0.05, 0) is 67.6 Å². The molecule has 1 aliphatic rings. The summed E-state index contributed by atoms with van der Waals surface area (Å²) in [6.45, 7) is -0.238. The molecule has 0 bridgehead atoms. The summed E-state index contributed by atoms with van der Waals surface area (Å²) in [6, 6.07) is 16.4. The van der Waals surface area contributed by atoms with Crippen molar-refractivity contribution in [3.63, 3.8) is 0 Å². The summed E-state index contributed by atoms with van der Waals surface area (Å²) >= 11 is 1.48. The van der Waals surface area contributed by atoms with Gasteiger partial charge in [-0.3, -0.25) is 4.79 Å². The number of amides is 1. The molecule has 0 saturated carbocycles. The molecular weight excluding hydrogens is 444 g/mol. The molecule has 8 heteroatoms. The standard InChI is InChI=1S/C24H22N2O4S2/c25-15-21-20-9-5-2-6-10-22(20)31-24(21)26-23(27)16-30-17-11-13-19(14-12-17)32(28,29)18-7-3-1-4-8-18/h1,3-4,7-8,11-14H,2,5-6,9-10,16H2,(H,26,27). The van der Waals surface area contributed by atoms with Gasteiger partial charge in [0.15, 0.2) is 6.61 Å². The SMILES string of the molecule is N#Cc1c(NC(=O)COc2ccc(S(=O)(=O)c3ccccc3)cc2)sc2c1CCCCC2. The molecular formula is C24H22N2O4S2. The van der Waals surface area contributed by atoms with Crippen molar-refractivity contribution in [2.45, 2.75) is 41.9 Å². The third-order valence-electron chi connectivity index (χ3n) is 5.34. The number of nitriles is 1. The van der Waals surface area contributed by atoms with Crippen LogP contribution in [0.1, 0.15) is 35.3 Å². The minimum Gasteiger partial charge on any atom is -0.484 e. The van der Waals surface area contributed by atoms with Gasteiger partial charge in [-0.25, -0.2) is 8.42 Å². The van der Waals surface area contributed by atoms with E-state index in [1.54, 1.807) is 30.3 Å². The molecule has 0 atom stereocenters. The van der Waals surface area contributed by atoms with Crippen molar-refractivity contribution >= 4 is 32.1 Å². The summed E-state index contributed by atoms with van der Waals surface area (Å²) in [5.41, 5.74) is 1.64. The van der Waals surface area contributed by atoms with E-state index in [1.807, 2.05) is 0 Å². The number of aryl methyl sites for hydroxylation is 1. The number of thiophene rings is 1. The second-order valence-electron chi connectivity index (χ2n) is 7.51. The normalized spacial score (nSPS) is 13.5. The van der Waals surface area contributed by atoms with Crippen LogP contribution in [0.2, 0.25) is 0 Å². The number of sulfone groups is 1. The average molecular weight is 467 g/mol. The highest BCUT2D eigenvalue weighted by Gasteiger charge is 2.21. The summed E-state index contributed by atoms with van der Waals surface area (Å²) in [5.74, 6) is 0.0218. The van der Waals surface area contributed by atoms with Crippen LogP contribution < -0.4 is 10.1 Å². The third kappa shape index (κ3) is 4.69. The molecule has 2 aromatic carbocycles. The van der Waals surface area contributed by atoms with E-state index in [4.69, 9.17) is 4.74 Å². The van der Waals surface area contributed by atoms with E-state index in [0.29, 0.717) is 16.3 Å². The van der Waals surface area contributed by atoms with E-state index in [1.165, 1.54) is 40.5 Å². The second-order valence-corrected chi connectivity index (χ2v) is 10.6. The van der Waals surface area contributed by atoms with Crippen molar-refractivity contribution in [1.82, 2.24) is 0 Å². The molecule has 1 aromatic heterocycles. The Morgan fingerprint density at radius 1 is 1.00 bits per heavy atom. The second kappa shape index (κ2) is 9.55. The van der Waals surface area contributed by atoms with Gasteiger partial charge in [0.2, 0.25) is 9.84 Å². The van der Waals surface area contributed by atoms with Crippen molar-refractivity contribution in [2.24, 2.45) is 0 Å². The fourth-order valence-electron chi connectivity index (χ4n) is 3.71. The van der Waals surface area contributed by atoms with Crippen molar-refractivity contribution < 1.29 is 17.9 Å². The Labute approximate surface area is 191 Å². The van der Waals surface area contributed by atoms with Crippen LogP contribution >= 0.6 is 11.3 Å². The average Bonchev–Trinajstić information content (AvgIpc) is 2.97. The van der Waals surface area contributed by atoms with Crippen molar-refractivity contribution in [2.75, 3.05) is 11.9 Å². The van der Waals surface area contributed by atoms with Crippen molar-refractivity contribution in [3.05, 3.63) is 70.6 Å². The number of rotatable bonds is 6. The molecule has 0 aliphatic heterocycles. The van der Waals surface area contributed by atoms with Crippen LogP contribution in [-0.2, 0) is 27.5 Å². The largest absolute Gasteiger partial charge is 0.484 e. The van der Waals surface area contributed by atoms with Gasteiger partial charge < -0.3 is 10.1 Å². The van der Waals surface area contributed by atoms with E-state index >= 15 is 0 Å². The van der Waals surface area contributed by atoms with Crippen LogP contribution in [0.4, 0.5) is 5.00 Å². The van der Waals surface area contributed by atoms with E-state index in [-0.39, 0.29) is 22.3 Å². The van der Waals surface area contributed by atoms with Crippen LogP contribution in [0, 0.1) is 11.3 Å². The first-order valence-corrected chi connectivity index (χ1v) is 12.7. The summed E-state index contributed by atoms with van der Waals surface area (Å²) in [7, 11) is -3.60. The Balaban J connectivity index is 1.39. The van der Waals surface area contributed by atoms with Gasteiger partial charge in [0, 0.05) is 4.88 Å². The minimum absolute atomic E-state index is 0.152.